The third kappa shape index (κ3) is 8.07. The minimum Gasteiger partial charge on any atom is -0.350 e. The number of nitrogens with one attached hydrogen (secondary N) is 1. The Morgan fingerprint density at radius 3 is 2.13 bits per heavy atom. The Bertz CT molecular complexity index is 1390. The summed E-state index contributed by atoms with van der Waals surface area (Å²) in [5.74, 6) is -0.867. The molecule has 3 aromatic rings. The number of nitrogens with zero attached hydrogens (tertiary/aromatic N) is 2. The molecule has 3 aromatic carbocycles. The zero-order chi connectivity index (χ0) is 28.8. The average Bonchev–Trinajstić information content (AvgIpc) is 2.89. The van der Waals surface area contributed by atoms with Gasteiger partial charge in [-0.15, -0.1) is 0 Å². The Labute approximate surface area is 236 Å². The normalized spacial score (nSPS) is 12.5. The number of hydrogen-bond acceptors (Lipinski definition) is 4. The van der Waals surface area contributed by atoms with Crippen LogP contribution in [0.4, 0.5) is 5.69 Å². The Morgan fingerprint density at radius 2 is 1.56 bits per heavy atom. The van der Waals surface area contributed by atoms with Gasteiger partial charge in [-0.2, -0.15) is 0 Å². The van der Waals surface area contributed by atoms with Crippen molar-refractivity contribution in [2.75, 3.05) is 10.8 Å². The lowest BCUT2D eigenvalue weighted by Crippen LogP contribution is -2.54. The van der Waals surface area contributed by atoms with Crippen LogP contribution >= 0.6 is 11.6 Å². The highest BCUT2D eigenvalue weighted by atomic mass is 35.5. The molecule has 3 rings (SSSR count). The quantitative estimate of drug-likeness (QED) is 0.353. The largest absolute Gasteiger partial charge is 0.350 e. The standard InChI is InChI=1S/C30H36ClN3O4S/c1-6-23-15-17-26(18-16-23)34(39(37,38)27-13-8-7-9-14-27)21-28(35)33(20-24-11-10-12-25(31)19-24)22(2)29(36)32-30(3,4)5/h7-19,22H,6,20-21H2,1-5H3,(H,32,36)/t22-/m0/s1. The molecular weight excluding hydrogens is 534 g/mol. The van der Waals surface area contributed by atoms with Crippen molar-refractivity contribution >= 4 is 39.1 Å². The summed E-state index contributed by atoms with van der Waals surface area (Å²) in [6.45, 7) is 8.80. The summed E-state index contributed by atoms with van der Waals surface area (Å²) >= 11 is 6.18. The number of anilines is 1. The van der Waals surface area contributed by atoms with Gasteiger partial charge in [0.25, 0.3) is 10.0 Å². The molecule has 0 heterocycles. The Morgan fingerprint density at radius 1 is 0.923 bits per heavy atom. The molecule has 0 aliphatic heterocycles. The molecule has 0 bridgehead atoms. The van der Waals surface area contributed by atoms with Gasteiger partial charge in [0.05, 0.1) is 10.6 Å². The second-order valence-electron chi connectivity index (χ2n) is 10.4. The molecule has 2 amide bonds. The molecule has 39 heavy (non-hydrogen) atoms. The van der Waals surface area contributed by atoms with Gasteiger partial charge in [-0.3, -0.25) is 13.9 Å². The van der Waals surface area contributed by atoms with Gasteiger partial charge in [-0.25, -0.2) is 8.42 Å². The van der Waals surface area contributed by atoms with E-state index in [-0.39, 0.29) is 17.3 Å². The van der Waals surface area contributed by atoms with Crippen molar-refractivity contribution in [2.24, 2.45) is 0 Å². The van der Waals surface area contributed by atoms with Crippen LogP contribution in [-0.4, -0.2) is 43.3 Å². The van der Waals surface area contributed by atoms with E-state index in [1.54, 1.807) is 55.5 Å². The van der Waals surface area contributed by atoms with Gasteiger partial charge < -0.3 is 10.2 Å². The summed E-state index contributed by atoms with van der Waals surface area (Å²) in [6.07, 6.45) is 0.790. The molecule has 0 aliphatic rings. The summed E-state index contributed by atoms with van der Waals surface area (Å²) < 4.78 is 28.7. The third-order valence-electron chi connectivity index (χ3n) is 6.15. The van der Waals surface area contributed by atoms with Crippen LogP contribution in [0.25, 0.3) is 0 Å². The van der Waals surface area contributed by atoms with E-state index in [1.165, 1.54) is 17.0 Å². The van der Waals surface area contributed by atoms with Gasteiger partial charge >= 0.3 is 0 Å². The summed E-state index contributed by atoms with van der Waals surface area (Å²) in [4.78, 5) is 28.5. The van der Waals surface area contributed by atoms with E-state index in [0.29, 0.717) is 10.7 Å². The first-order chi connectivity index (χ1) is 18.3. The lowest BCUT2D eigenvalue weighted by Gasteiger charge is -2.33. The number of hydrogen-bond donors (Lipinski definition) is 1. The van der Waals surface area contributed by atoms with Gasteiger partial charge in [0.15, 0.2) is 0 Å². The summed E-state index contributed by atoms with van der Waals surface area (Å²) in [5.41, 5.74) is 1.60. The maximum absolute atomic E-state index is 13.9. The fraction of sp³-hybridized carbons (Fsp3) is 0.333. The van der Waals surface area contributed by atoms with Crippen molar-refractivity contribution in [3.63, 3.8) is 0 Å². The monoisotopic (exact) mass is 569 g/mol. The van der Waals surface area contributed by atoms with Crippen LogP contribution in [0.3, 0.4) is 0 Å². The number of aryl methyl sites for hydroxylation is 1. The van der Waals surface area contributed by atoms with Gasteiger partial charge in [-0.05, 0) is 81.6 Å². The van der Waals surface area contributed by atoms with E-state index in [0.717, 1.165) is 21.9 Å². The molecule has 9 heteroatoms. The maximum Gasteiger partial charge on any atom is 0.264 e. The highest BCUT2D eigenvalue weighted by Crippen LogP contribution is 2.25. The average molecular weight is 570 g/mol. The fourth-order valence-electron chi connectivity index (χ4n) is 4.04. The topological polar surface area (TPSA) is 86.8 Å². The zero-order valence-electron chi connectivity index (χ0n) is 23.0. The Balaban J connectivity index is 2.03. The van der Waals surface area contributed by atoms with Crippen molar-refractivity contribution in [3.8, 4) is 0 Å². The van der Waals surface area contributed by atoms with Crippen LogP contribution in [-0.2, 0) is 32.6 Å². The molecule has 1 N–H and O–H groups in total. The van der Waals surface area contributed by atoms with E-state index >= 15 is 0 Å². The lowest BCUT2D eigenvalue weighted by atomic mass is 10.1. The molecule has 0 saturated carbocycles. The molecule has 0 saturated heterocycles. The van der Waals surface area contributed by atoms with Crippen LogP contribution < -0.4 is 9.62 Å². The third-order valence-corrected chi connectivity index (χ3v) is 8.17. The van der Waals surface area contributed by atoms with Crippen LogP contribution in [0, 0.1) is 0 Å². The molecule has 0 aromatic heterocycles. The number of sulfonamides is 1. The number of amides is 2. The summed E-state index contributed by atoms with van der Waals surface area (Å²) in [6, 6.07) is 21.2. The van der Waals surface area contributed by atoms with Gasteiger partial charge in [0.2, 0.25) is 11.8 Å². The van der Waals surface area contributed by atoms with Crippen molar-refractivity contribution in [3.05, 3.63) is 95.0 Å². The first-order valence-corrected chi connectivity index (χ1v) is 14.7. The van der Waals surface area contributed by atoms with Gasteiger partial charge in [0, 0.05) is 17.1 Å². The summed E-state index contributed by atoms with van der Waals surface area (Å²) in [5, 5.41) is 3.41. The highest BCUT2D eigenvalue weighted by molar-refractivity contribution is 7.92. The smallest absolute Gasteiger partial charge is 0.264 e. The van der Waals surface area contributed by atoms with Crippen molar-refractivity contribution in [1.29, 1.82) is 0 Å². The van der Waals surface area contributed by atoms with E-state index in [2.05, 4.69) is 5.32 Å². The highest BCUT2D eigenvalue weighted by Gasteiger charge is 2.33. The number of halogens is 1. The molecule has 0 aliphatic carbocycles. The Kier molecular flexibility index (Phi) is 9.80. The van der Waals surface area contributed by atoms with Crippen LogP contribution in [0.5, 0.6) is 0 Å². The van der Waals surface area contributed by atoms with E-state index in [4.69, 9.17) is 11.6 Å². The predicted molar refractivity (Wildman–Crippen MR) is 156 cm³/mol. The summed E-state index contributed by atoms with van der Waals surface area (Å²) in [7, 11) is -4.09. The molecule has 0 spiro atoms. The van der Waals surface area contributed by atoms with Gasteiger partial charge in [0.1, 0.15) is 12.6 Å². The van der Waals surface area contributed by atoms with E-state index in [1.807, 2.05) is 45.9 Å². The maximum atomic E-state index is 13.9. The van der Waals surface area contributed by atoms with Crippen LogP contribution in [0.15, 0.2) is 83.8 Å². The van der Waals surface area contributed by atoms with Gasteiger partial charge in [-0.1, -0.05) is 61.0 Å². The molecule has 1 atom stereocenters. The van der Waals surface area contributed by atoms with Crippen molar-refractivity contribution < 1.29 is 18.0 Å². The molecule has 0 fully saturated rings. The van der Waals surface area contributed by atoms with E-state index in [9.17, 15) is 18.0 Å². The number of rotatable bonds is 10. The zero-order valence-corrected chi connectivity index (χ0v) is 24.6. The second-order valence-corrected chi connectivity index (χ2v) is 12.7. The number of carbonyl (C=O) groups is 2. The van der Waals surface area contributed by atoms with Crippen molar-refractivity contribution in [2.45, 2.75) is 64.1 Å². The predicted octanol–water partition coefficient (Wildman–Crippen LogP) is 5.43. The first kappa shape index (κ1) is 30.2. The van der Waals surface area contributed by atoms with Crippen molar-refractivity contribution in [1.82, 2.24) is 10.2 Å². The Hall–Kier alpha value is -3.36. The second kappa shape index (κ2) is 12.7. The molecule has 0 unspecified atom stereocenters. The molecule has 208 valence electrons. The number of carbonyl (C=O) groups excluding carboxylic acids is 2. The minimum absolute atomic E-state index is 0.0669. The number of benzene rings is 3. The molecule has 7 nitrogen and oxygen atoms in total. The van der Waals surface area contributed by atoms with Crippen LogP contribution in [0.1, 0.15) is 45.7 Å². The SMILES string of the molecule is CCc1ccc(N(CC(=O)N(Cc2cccc(Cl)c2)[C@@H](C)C(=O)NC(C)(C)C)S(=O)(=O)c2ccccc2)cc1. The van der Waals surface area contributed by atoms with Crippen LogP contribution in [0.2, 0.25) is 5.02 Å². The van der Waals surface area contributed by atoms with E-state index < -0.39 is 34.1 Å². The first-order valence-electron chi connectivity index (χ1n) is 12.8. The lowest BCUT2D eigenvalue weighted by molar-refractivity contribution is -0.140. The fourth-order valence-corrected chi connectivity index (χ4v) is 5.68. The minimum atomic E-state index is -4.09. The molecular formula is C30H36ClN3O4S. The molecule has 0 radical (unpaired) electrons.